The van der Waals surface area contributed by atoms with Crippen molar-refractivity contribution >= 4 is 17.8 Å². The van der Waals surface area contributed by atoms with Crippen LogP contribution in [0, 0.1) is 11.8 Å². The lowest BCUT2D eigenvalue weighted by molar-refractivity contribution is -0.158. The lowest BCUT2D eigenvalue weighted by Gasteiger charge is -2.24. The molecule has 0 aliphatic heterocycles. The molecule has 1 aliphatic carbocycles. The predicted octanol–water partition coefficient (Wildman–Crippen LogP) is 3.00. The highest BCUT2D eigenvalue weighted by molar-refractivity contribution is 5.88. The number of nitrogens with one attached hydrogen (secondary N) is 2. The van der Waals surface area contributed by atoms with E-state index in [1.165, 1.54) is 19.3 Å². The minimum Gasteiger partial charge on any atom is -0.451 e. The van der Waals surface area contributed by atoms with Crippen LogP contribution in [0.5, 0.6) is 0 Å². The van der Waals surface area contributed by atoms with Crippen molar-refractivity contribution in [3.63, 3.8) is 0 Å². The van der Waals surface area contributed by atoms with E-state index in [9.17, 15) is 14.4 Å². The highest BCUT2D eigenvalue weighted by Crippen LogP contribution is 2.22. The Morgan fingerprint density at radius 1 is 1.03 bits per heavy atom. The number of hydrogen-bond donors (Lipinski definition) is 2. The second kappa shape index (κ2) is 11.6. The molecule has 6 nitrogen and oxygen atoms in total. The number of hydrogen-bond acceptors (Lipinski definition) is 4. The fourth-order valence-corrected chi connectivity index (χ4v) is 3.58. The van der Waals surface area contributed by atoms with Crippen LogP contribution in [0.15, 0.2) is 30.3 Å². The number of esters is 1. The summed E-state index contributed by atoms with van der Waals surface area (Å²) < 4.78 is 5.36. The first kappa shape index (κ1) is 22.9. The summed E-state index contributed by atoms with van der Waals surface area (Å²) in [5.74, 6) is -0.763. The van der Waals surface area contributed by atoms with Gasteiger partial charge in [-0.05, 0) is 37.2 Å². The zero-order chi connectivity index (χ0) is 21.2. The smallest absolute Gasteiger partial charge is 0.329 e. The maximum Gasteiger partial charge on any atom is 0.329 e. The van der Waals surface area contributed by atoms with Gasteiger partial charge in [-0.2, -0.15) is 0 Å². The minimum absolute atomic E-state index is 0.153. The van der Waals surface area contributed by atoms with E-state index < -0.39 is 18.1 Å². The van der Waals surface area contributed by atoms with Gasteiger partial charge in [-0.1, -0.05) is 63.4 Å². The third-order valence-electron chi connectivity index (χ3n) is 5.40. The maximum absolute atomic E-state index is 12.6. The summed E-state index contributed by atoms with van der Waals surface area (Å²) in [6.45, 7) is 5.87. The Morgan fingerprint density at radius 3 is 2.31 bits per heavy atom. The van der Waals surface area contributed by atoms with Gasteiger partial charge in [-0.25, -0.2) is 4.79 Å². The first-order valence-electron chi connectivity index (χ1n) is 10.7. The number of ether oxygens (including phenoxy) is 1. The van der Waals surface area contributed by atoms with Gasteiger partial charge in [0.25, 0.3) is 5.91 Å². The fraction of sp³-hybridized carbons (Fsp3) is 0.609. The van der Waals surface area contributed by atoms with Crippen LogP contribution in [0.1, 0.15) is 58.4 Å². The molecule has 0 spiro atoms. The van der Waals surface area contributed by atoms with Gasteiger partial charge in [-0.3, -0.25) is 9.59 Å². The normalized spacial score (nSPS) is 16.7. The molecule has 0 aromatic heterocycles. The molecule has 6 heteroatoms. The summed E-state index contributed by atoms with van der Waals surface area (Å²) in [7, 11) is 0. The van der Waals surface area contributed by atoms with Gasteiger partial charge in [-0.15, -0.1) is 0 Å². The highest BCUT2D eigenvalue weighted by Gasteiger charge is 2.29. The molecule has 0 radical (unpaired) electrons. The lowest BCUT2D eigenvalue weighted by Crippen LogP contribution is -2.48. The van der Waals surface area contributed by atoms with Crippen LogP contribution in [-0.2, 0) is 25.5 Å². The number of rotatable bonds is 9. The standard InChI is InChI=1S/C23H34N2O4/c1-16(2)21(25-20(26)14-18-10-6-4-7-11-18)23(28)29-17(3)22(27)24-15-19-12-8-5-9-13-19/h4,6-7,10-11,16-17,19,21H,5,8-9,12-15H2,1-3H3,(H,24,27)(H,25,26)/t17-,21-/m0/s1. The van der Waals surface area contributed by atoms with Crippen LogP contribution in [0.4, 0.5) is 0 Å². The molecule has 1 aromatic rings. The summed E-state index contributed by atoms with van der Waals surface area (Å²) in [6.07, 6.45) is 5.26. The molecule has 2 N–H and O–H groups in total. The number of carbonyl (C=O) groups excluding carboxylic acids is 3. The van der Waals surface area contributed by atoms with Crippen LogP contribution in [0.25, 0.3) is 0 Å². The highest BCUT2D eigenvalue weighted by atomic mass is 16.5. The van der Waals surface area contributed by atoms with Crippen molar-refractivity contribution in [3.05, 3.63) is 35.9 Å². The van der Waals surface area contributed by atoms with Crippen molar-refractivity contribution in [1.82, 2.24) is 10.6 Å². The summed E-state index contributed by atoms with van der Waals surface area (Å²) in [5, 5.41) is 5.64. The Hall–Kier alpha value is -2.37. The maximum atomic E-state index is 12.6. The third-order valence-corrected chi connectivity index (χ3v) is 5.40. The van der Waals surface area contributed by atoms with Gasteiger partial charge in [0.1, 0.15) is 6.04 Å². The molecule has 1 aliphatic rings. The SMILES string of the molecule is CC(C)[C@H](NC(=O)Cc1ccccc1)C(=O)O[C@@H](C)C(=O)NCC1CCCCC1. The molecule has 0 bridgehead atoms. The van der Waals surface area contributed by atoms with E-state index in [0.717, 1.165) is 18.4 Å². The molecule has 2 amide bonds. The Morgan fingerprint density at radius 2 is 1.69 bits per heavy atom. The molecule has 29 heavy (non-hydrogen) atoms. The topological polar surface area (TPSA) is 84.5 Å². The second-order valence-corrected chi connectivity index (χ2v) is 8.28. The first-order valence-corrected chi connectivity index (χ1v) is 10.7. The Balaban J connectivity index is 1.82. The number of amides is 2. The van der Waals surface area contributed by atoms with E-state index in [0.29, 0.717) is 12.5 Å². The van der Waals surface area contributed by atoms with Gasteiger partial charge in [0.2, 0.25) is 5.91 Å². The van der Waals surface area contributed by atoms with Crippen molar-refractivity contribution in [2.24, 2.45) is 11.8 Å². The van der Waals surface area contributed by atoms with E-state index in [1.807, 2.05) is 44.2 Å². The van der Waals surface area contributed by atoms with Crippen molar-refractivity contribution in [2.75, 3.05) is 6.54 Å². The number of benzene rings is 1. The Kier molecular flexibility index (Phi) is 9.16. The molecule has 2 atom stereocenters. The van der Waals surface area contributed by atoms with Crippen LogP contribution < -0.4 is 10.6 Å². The average molecular weight is 403 g/mol. The zero-order valence-corrected chi connectivity index (χ0v) is 17.8. The zero-order valence-electron chi connectivity index (χ0n) is 17.8. The average Bonchev–Trinajstić information content (AvgIpc) is 2.71. The third kappa shape index (κ3) is 7.87. The predicted molar refractivity (Wildman–Crippen MR) is 112 cm³/mol. The van der Waals surface area contributed by atoms with E-state index in [1.54, 1.807) is 6.92 Å². The first-order chi connectivity index (χ1) is 13.9. The summed E-state index contributed by atoms with van der Waals surface area (Å²) in [6, 6.07) is 8.55. The molecular weight excluding hydrogens is 368 g/mol. The van der Waals surface area contributed by atoms with Crippen LogP contribution in [-0.4, -0.2) is 36.5 Å². The Bertz CT molecular complexity index is 669. The summed E-state index contributed by atoms with van der Waals surface area (Å²) >= 11 is 0. The fourth-order valence-electron chi connectivity index (χ4n) is 3.58. The molecule has 1 fully saturated rings. The van der Waals surface area contributed by atoms with E-state index in [-0.39, 0.29) is 24.2 Å². The van der Waals surface area contributed by atoms with Gasteiger partial charge in [0.15, 0.2) is 6.10 Å². The van der Waals surface area contributed by atoms with Gasteiger partial charge >= 0.3 is 5.97 Å². The van der Waals surface area contributed by atoms with Crippen LogP contribution in [0.3, 0.4) is 0 Å². The summed E-state index contributed by atoms with van der Waals surface area (Å²) in [4.78, 5) is 37.2. The van der Waals surface area contributed by atoms with Crippen molar-refractivity contribution in [1.29, 1.82) is 0 Å². The van der Waals surface area contributed by atoms with Crippen LogP contribution >= 0.6 is 0 Å². The van der Waals surface area contributed by atoms with Crippen molar-refractivity contribution in [3.8, 4) is 0 Å². The van der Waals surface area contributed by atoms with Crippen molar-refractivity contribution < 1.29 is 19.1 Å². The Labute approximate surface area is 173 Å². The molecule has 0 unspecified atom stereocenters. The number of carbonyl (C=O) groups is 3. The van der Waals surface area contributed by atoms with Gasteiger partial charge < -0.3 is 15.4 Å². The molecule has 2 rings (SSSR count). The molecular formula is C23H34N2O4. The largest absolute Gasteiger partial charge is 0.451 e. The molecule has 160 valence electrons. The molecule has 1 saturated carbocycles. The monoisotopic (exact) mass is 402 g/mol. The molecule has 0 saturated heterocycles. The quantitative estimate of drug-likeness (QED) is 0.622. The van der Waals surface area contributed by atoms with E-state index in [2.05, 4.69) is 10.6 Å². The molecule has 0 heterocycles. The lowest BCUT2D eigenvalue weighted by atomic mass is 9.89. The second-order valence-electron chi connectivity index (χ2n) is 8.28. The van der Waals surface area contributed by atoms with Crippen molar-refractivity contribution in [2.45, 2.75) is 71.4 Å². The van der Waals surface area contributed by atoms with Crippen LogP contribution in [0.2, 0.25) is 0 Å². The van der Waals surface area contributed by atoms with E-state index >= 15 is 0 Å². The van der Waals surface area contributed by atoms with E-state index in [4.69, 9.17) is 4.74 Å². The summed E-state index contributed by atoms with van der Waals surface area (Å²) in [5.41, 5.74) is 0.872. The minimum atomic E-state index is -0.890. The van der Waals surface area contributed by atoms with Gasteiger partial charge in [0, 0.05) is 6.54 Å². The molecule has 1 aromatic carbocycles. The van der Waals surface area contributed by atoms with Gasteiger partial charge in [0.05, 0.1) is 6.42 Å².